The molecule has 0 amide bonds. The number of benzene rings is 3. The van der Waals surface area contributed by atoms with Crippen LogP contribution in [-0.4, -0.2) is 35.6 Å². The average Bonchev–Trinajstić information content (AvgIpc) is 3.35. The van der Waals surface area contributed by atoms with E-state index in [0.717, 1.165) is 42.8 Å². The molecule has 198 valence electrons. The van der Waals surface area contributed by atoms with Crippen molar-refractivity contribution in [3.63, 3.8) is 0 Å². The Labute approximate surface area is 230 Å². The lowest BCUT2D eigenvalue weighted by atomic mass is 9.93. The minimum atomic E-state index is 0.0506. The molecule has 1 aliphatic rings. The van der Waals surface area contributed by atoms with E-state index in [0.29, 0.717) is 0 Å². The van der Waals surface area contributed by atoms with E-state index in [2.05, 4.69) is 114 Å². The van der Waals surface area contributed by atoms with E-state index in [-0.39, 0.29) is 18.1 Å². The minimum Gasteiger partial charge on any atom is -0.459 e. The fourth-order valence-corrected chi connectivity index (χ4v) is 5.83. The quantitative estimate of drug-likeness (QED) is 0.248. The third kappa shape index (κ3) is 5.52. The van der Waals surface area contributed by atoms with Crippen molar-refractivity contribution in [3.8, 4) is 0 Å². The van der Waals surface area contributed by atoms with Gasteiger partial charge in [-0.3, -0.25) is 9.88 Å². The molecular weight excluding hydrogens is 480 g/mol. The monoisotopic (exact) mass is 516 g/mol. The predicted molar refractivity (Wildman–Crippen MR) is 158 cm³/mol. The summed E-state index contributed by atoms with van der Waals surface area (Å²) in [6.45, 7) is 6.96. The zero-order valence-electron chi connectivity index (χ0n) is 22.7. The first-order chi connectivity index (χ1) is 19.0. The molecule has 5 nitrogen and oxygen atoms in total. The molecule has 0 spiro atoms. The standard InChI is InChI=1S/C34H36N4O/c1-23-8-10-30(24(2)18-23)33(26-6-4-3-5-7-26)37-17-12-25-9-11-31-28(19-25)20-32(39-31)34(38-21-29(35)22-38)27-13-15-36-16-14-27/h3-11,13-16,18-20,29,33-34,37H,12,17,21-22,35H2,1-2H3. The van der Waals surface area contributed by atoms with Gasteiger partial charge < -0.3 is 15.5 Å². The first-order valence-electron chi connectivity index (χ1n) is 13.8. The number of fused-ring (bicyclic) bond motifs is 1. The SMILES string of the molecule is Cc1ccc(C(NCCc2ccc3oc(C(c4ccncc4)N4CC(N)C4)cc3c2)c2ccccc2)c(C)c1. The highest BCUT2D eigenvalue weighted by atomic mass is 16.3. The summed E-state index contributed by atoms with van der Waals surface area (Å²) in [5.74, 6) is 0.956. The number of aromatic nitrogens is 1. The second-order valence-corrected chi connectivity index (χ2v) is 10.8. The molecule has 1 aliphatic heterocycles. The van der Waals surface area contributed by atoms with E-state index in [9.17, 15) is 0 Å². The number of furan rings is 1. The topological polar surface area (TPSA) is 67.3 Å². The third-order valence-electron chi connectivity index (χ3n) is 7.83. The van der Waals surface area contributed by atoms with Gasteiger partial charge in [0.1, 0.15) is 11.3 Å². The molecule has 39 heavy (non-hydrogen) atoms. The average molecular weight is 517 g/mol. The van der Waals surface area contributed by atoms with Crippen LogP contribution in [0.15, 0.2) is 102 Å². The van der Waals surface area contributed by atoms with Crippen LogP contribution in [0, 0.1) is 13.8 Å². The minimum absolute atomic E-state index is 0.0506. The molecule has 2 atom stereocenters. The lowest BCUT2D eigenvalue weighted by Crippen LogP contribution is -2.56. The summed E-state index contributed by atoms with van der Waals surface area (Å²) in [5, 5.41) is 4.98. The zero-order valence-corrected chi connectivity index (χ0v) is 22.7. The maximum Gasteiger partial charge on any atom is 0.134 e. The van der Waals surface area contributed by atoms with E-state index < -0.39 is 0 Å². The van der Waals surface area contributed by atoms with Crippen molar-refractivity contribution in [2.45, 2.75) is 38.4 Å². The lowest BCUT2D eigenvalue weighted by Gasteiger charge is -2.42. The molecule has 0 saturated carbocycles. The maximum atomic E-state index is 6.39. The van der Waals surface area contributed by atoms with Gasteiger partial charge in [0.05, 0.1) is 12.1 Å². The number of pyridine rings is 1. The number of hydrogen-bond acceptors (Lipinski definition) is 5. The molecule has 5 heteroatoms. The smallest absolute Gasteiger partial charge is 0.134 e. The summed E-state index contributed by atoms with van der Waals surface area (Å²) in [6.07, 6.45) is 4.62. The number of likely N-dealkylation sites (tertiary alicyclic amines) is 1. The Balaban J connectivity index is 1.21. The number of nitrogens with two attached hydrogens (primary N) is 1. The lowest BCUT2D eigenvalue weighted by molar-refractivity contribution is 0.103. The number of rotatable bonds is 9. The molecule has 1 saturated heterocycles. The second-order valence-electron chi connectivity index (χ2n) is 10.8. The molecule has 3 N–H and O–H groups in total. The summed E-state index contributed by atoms with van der Waals surface area (Å²) in [6, 6.07) is 30.8. The van der Waals surface area contributed by atoms with Gasteiger partial charge in [0.2, 0.25) is 0 Å². The fraction of sp³-hybridized carbons (Fsp3) is 0.265. The molecule has 6 rings (SSSR count). The van der Waals surface area contributed by atoms with Gasteiger partial charge in [-0.25, -0.2) is 0 Å². The summed E-state index contributed by atoms with van der Waals surface area (Å²) in [4.78, 5) is 6.58. The van der Waals surface area contributed by atoms with Gasteiger partial charge in [0.15, 0.2) is 0 Å². The highest BCUT2D eigenvalue weighted by Crippen LogP contribution is 2.35. The zero-order chi connectivity index (χ0) is 26.8. The molecule has 0 radical (unpaired) electrons. The van der Waals surface area contributed by atoms with Gasteiger partial charge in [-0.05, 0) is 78.4 Å². The Morgan fingerprint density at radius 2 is 1.72 bits per heavy atom. The van der Waals surface area contributed by atoms with Crippen LogP contribution in [0.25, 0.3) is 11.0 Å². The summed E-state index contributed by atoms with van der Waals surface area (Å²) in [7, 11) is 0. The predicted octanol–water partition coefficient (Wildman–Crippen LogP) is 6.10. The van der Waals surface area contributed by atoms with Crippen LogP contribution in [0.3, 0.4) is 0 Å². The molecule has 5 aromatic rings. The Hall–Kier alpha value is -3.77. The maximum absolute atomic E-state index is 6.39. The van der Waals surface area contributed by atoms with Crippen LogP contribution in [-0.2, 0) is 6.42 Å². The molecule has 3 heterocycles. The van der Waals surface area contributed by atoms with Crippen molar-refractivity contribution in [1.29, 1.82) is 0 Å². The molecule has 2 unspecified atom stereocenters. The van der Waals surface area contributed by atoms with Crippen LogP contribution >= 0.6 is 0 Å². The number of hydrogen-bond donors (Lipinski definition) is 2. The van der Waals surface area contributed by atoms with E-state index >= 15 is 0 Å². The Kier molecular flexibility index (Phi) is 7.29. The van der Waals surface area contributed by atoms with E-state index in [4.69, 9.17) is 10.2 Å². The number of aryl methyl sites for hydroxylation is 2. The molecule has 3 aromatic carbocycles. The van der Waals surface area contributed by atoms with E-state index in [1.807, 2.05) is 12.4 Å². The van der Waals surface area contributed by atoms with Gasteiger partial charge in [0.25, 0.3) is 0 Å². The van der Waals surface area contributed by atoms with Crippen LogP contribution in [0.5, 0.6) is 0 Å². The molecular formula is C34H36N4O. The Bertz CT molecular complexity index is 1540. The highest BCUT2D eigenvalue weighted by Gasteiger charge is 2.34. The largest absolute Gasteiger partial charge is 0.459 e. The Morgan fingerprint density at radius 3 is 2.46 bits per heavy atom. The number of nitrogens with one attached hydrogen (secondary N) is 1. The van der Waals surface area contributed by atoms with Crippen molar-refractivity contribution in [3.05, 3.63) is 136 Å². The van der Waals surface area contributed by atoms with Crippen molar-refractivity contribution < 1.29 is 4.42 Å². The summed E-state index contributed by atoms with van der Waals surface area (Å²) < 4.78 is 6.39. The van der Waals surface area contributed by atoms with Gasteiger partial charge in [-0.1, -0.05) is 60.2 Å². The molecule has 0 bridgehead atoms. The molecule has 2 aromatic heterocycles. The van der Waals surface area contributed by atoms with Gasteiger partial charge in [0, 0.05) is 43.5 Å². The van der Waals surface area contributed by atoms with Crippen LogP contribution < -0.4 is 11.1 Å². The first-order valence-corrected chi connectivity index (χ1v) is 13.8. The van der Waals surface area contributed by atoms with Crippen LogP contribution in [0.1, 0.15) is 51.2 Å². The molecule has 0 aliphatic carbocycles. The normalized spacial score (nSPS) is 15.8. The fourth-order valence-electron chi connectivity index (χ4n) is 5.83. The van der Waals surface area contributed by atoms with Gasteiger partial charge in [-0.15, -0.1) is 0 Å². The van der Waals surface area contributed by atoms with Crippen molar-refractivity contribution >= 4 is 11.0 Å². The van der Waals surface area contributed by atoms with E-state index in [1.54, 1.807) is 0 Å². The molecule has 1 fully saturated rings. The van der Waals surface area contributed by atoms with Crippen molar-refractivity contribution in [2.75, 3.05) is 19.6 Å². The first kappa shape index (κ1) is 25.5. The third-order valence-corrected chi connectivity index (χ3v) is 7.83. The van der Waals surface area contributed by atoms with Gasteiger partial charge >= 0.3 is 0 Å². The summed E-state index contributed by atoms with van der Waals surface area (Å²) >= 11 is 0. The Morgan fingerprint density at radius 1 is 0.923 bits per heavy atom. The second kappa shape index (κ2) is 11.1. The van der Waals surface area contributed by atoms with Crippen molar-refractivity contribution in [1.82, 2.24) is 15.2 Å². The highest BCUT2D eigenvalue weighted by molar-refractivity contribution is 5.79. The van der Waals surface area contributed by atoms with Crippen LogP contribution in [0.2, 0.25) is 0 Å². The van der Waals surface area contributed by atoms with Crippen molar-refractivity contribution in [2.24, 2.45) is 5.73 Å². The van der Waals surface area contributed by atoms with Crippen LogP contribution in [0.4, 0.5) is 0 Å². The number of nitrogens with zero attached hydrogens (tertiary/aromatic N) is 2. The van der Waals surface area contributed by atoms with Gasteiger partial charge in [-0.2, -0.15) is 0 Å². The summed E-state index contributed by atoms with van der Waals surface area (Å²) in [5.41, 5.74) is 14.7. The van der Waals surface area contributed by atoms with E-state index in [1.165, 1.54) is 33.4 Å².